The summed E-state index contributed by atoms with van der Waals surface area (Å²) in [6.45, 7) is 11.6. The van der Waals surface area contributed by atoms with Crippen LogP contribution < -0.4 is 10.6 Å². The largest absolute Gasteiger partial charge is 0.444 e. The maximum absolute atomic E-state index is 12.1. The van der Waals surface area contributed by atoms with Crippen LogP contribution >= 0.6 is 0 Å². The Labute approximate surface area is 134 Å². The second-order valence-electron chi connectivity index (χ2n) is 7.28. The van der Waals surface area contributed by atoms with Gasteiger partial charge in [0.1, 0.15) is 5.60 Å². The molecular weight excluding hydrogens is 282 g/mol. The molecule has 3 amide bonds. The number of carbonyl (C=O) groups is 2. The molecule has 0 aromatic heterocycles. The van der Waals surface area contributed by atoms with Crippen LogP contribution in [0.1, 0.15) is 53.9 Å². The van der Waals surface area contributed by atoms with Gasteiger partial charge in [-0.05, 0) is 59.8 Å². The summed E-state index contributed by atoms with van der Waals surface area (Å²) in [5.74, 6) is 0.417. The van der Waals surface area contributed by atoms with E-state index in [1.54, 1.807) is 4.90 Å². The lowest BCUT2D eigenvalue weighted by molar-refractivity contribution is 0.0162. The predicted molar refractivity (Wildman–Crippen MR) is 86.8 cm³/mol. The minimum Gasteiger partial charge on any atom is -0.444 e. The number of rotatable bonds is 4. The van der Waals surface area contributed by atoms with E-state index in [9.17, 15) is 9.59 Å². The fourth-order valence-corrected chi connectivity index (χ4v) is 2.50. The minimum atomic E-state index is -0.458. The molecule has 1 rings (SSSR count). The fraction of sp³-hybridized carbons (Fsp3) is 0.875. The quantitative estimate of drug-likeness (QED) is 0.838. The van der Waals surface area contributed by atoms with Crippen LogP contribution in [0.25, 0.3) is 0 Å². The van der Waals surface area contributed by atoms with E-state index in [2.05, 4.69) is 10.6 Å². The molecule has 0 unspecified atom stereocenters. The van der Waals surface area contributed by atoms with Crippen molar-refractivity contribution in [3.05, 3.63) is 0 Å². The van der Waals surface area contributed by atoms with Crippen LogP contribution in [-0.2, 0) is 4.74 Å². The van der Waals surface area contributed by atoms with Crippen LogP contribution in [-0.4, -0.2) is 48.3 Å². The monoisotopic (exact) mass is 313 g/mol. The van der Waals surface area contributed by atoms with Crippen molar-refractivity contribution >= 4 is 12.1 Å². The van der Waals surface area contributed by atoms with E-state index in [-0.39, 0.29) is 18.2 Å². The van der Waals surface area contributed by atoms with Gasteiger partial charge in [0, 0.05) is 25.7 Å². The normalized spacial score (nSPS) is 19.0. The molecule has 1 saturated heterocycles. The van der Waals surface area contributed by atoms with Gasteiger partial charge in [-0.25, -0.2) is 9.59 Å². The van der Waals surface area contributed by atoms with Crippen LogP contribution in [0, 0.1) is 5.92 Å². The first-order chi connectivity index (χ1) is 10.2. The van der Waals surface area contributed by atoms with Crippen molar-refractivity contribution in [3.63, 3.8) is 0 Å². The van der Waals surface area contributed by atoms with Crippen LogP contribution in [0.2, 0.25) is 0 Å². The van der Waals surface area contributed by atoms with Crippen molar-refractivity contribution in [3.8, 4) is 0 Å². The minimum absolute atomic E-state index is 0.130. The molecule has 1 atom stereocenters. The van der Waals surface area contributed by atoms with Crippen molar-refractivity contribution < 1.29 is 14.3 Å². The molecule has 1 aliphatic rings. The number of ether oxygens (including phenoxy) is 1. The Morgan fingerprint density at radius 3 is 2.59 bits per heavy atom. The summed E-state index contributed by atoms with van der Waals surface area (Å²) in [6, 6.07) is 0.00662. The predicted octanol–water partition coefficient (Wildman–Crippen LogP) is 2.73. The van der Waals surface area contributed by atoms with Crippen LogP contribution in [0.3, 0.4) is 0 Å². The molecule has 128 valence electrons. The smallest absolute Gasteiger partial charge is 0.410 e. The van der Waals surface area contributed by atoms with Gasteiger partial charge in [-0.15, -0.1) is 0 Å². The van der Waals surface area contributed by atoms with Crippen LogP contribution in [0.15, 0.2) is 0 Å². The Kier molecular flexibility index (Phi) is 6.97. The highest BCUT2D eigenvalue weighted by Gasteiger charge is 2.27. The van der Waals surface area contributed by atoms with Gasteiger partial charge >= 0.3 is 12.1 Å². The Balaban J connectivity index is 2.31. The molecule has 0 saturated carbocycles. The van der Waals surface area contributed by atoms with Crippen molar-refractivity contribution in [2.24, 2.45) is 5.92 Å². The first-order valence-corrected chi connectivity index (χ1v) is 8.19. The van der Waals surface area contributed by atoms with Crippen molar-refractivity contribution in [2.45, 2.75) is 65.5 Å². The van der Waals surface area contributed by atoms with Crippen molar-refractivity contribution in [1.29, 1.82) is 0 Å². The summed E-state index contributed by atoms with van der Waals surface area (Å²) in [4.78, 5) is 25.4. The number of piperidine rings is 1. The molecule has 0 aromatic rings. The topological polar surface area (TPSA) is 70.7 Å². The summed E-state index contributed by atoms with van der Waals surface area (Å²) in [5, 5.41) is 5.66. The Hall–Kier alpha value is -1.46. The highest BCUT2D eigenvalue weighted by atomic mass is 16.6. The average Bonchev–Trinajstić information content (AvgIpc) is 2.36. The first-order valence-electron chi connectivity index (χ1n) is 8.19. The van der Waals surface area contributed by atoms with Gasteiger partial charge in [0.15, 0.2) is 0 Å². The molecule has 2 N–H and O–H groups in total. The number of hydrogen-bond acceptors (Lipinski definition) is 3. The van der Waals surface area contributed by atoms with E-state index in [1.807, 2.05) is 34.6 Å². The average molecular weight is 313 g/mol. The van der Waals surface area contributed by atoms with E-state index in [4.69, 9.17) is 4.74 Å². The van der Waals surface area contributed by atoms with E-state index < -0.39 is 5.60 Å². The number of carbonyl (C=O) groups excluding carboxylic acids is 2. The molecule has 22 heavy (non-hydrogen) atoms. The lowest BCUT2D eigenvalue weighted by atomic mass is 9.95. The third-order valence-electron chi connectivity index (χ3n) is 3.43. The number of nitrogens with zero attached hydrogens (tertiary/aromatic N) is 1. The summed E-state index contributed by atoms with van der Waals surface area (Å²) in [7, 11) is 0. The molecule has 0 radical (unpaired) electrons. The molecule has 1 aliphatic heterocycles. The Bertz CT molecular complexity index is 377. The molecule has 0 aromatic carbocycles. The zero-order valence-electron chi connectivity index (χ0n) is 14.6. The van der Waals surface area contributed by atoms with Gasteiger partial charge in [0.25, 0.3) is 0 Å². The number of likely N-dealkylation sites (tertiary alicyclic amines) is 1. The van der Waals surface area contributed by atoms with E-state index >= 15 is 0 Å². The first kappa shape index (κ1) is 18.6. The molecule has 0 aliphatic carbocycles. The summed E-state index contributed by atoms with van der Waals surface area (Å²) >= 11 is 0. The number of nitrogens with one attached hydrogen (secondary N) is 2. The zero-order chi connectivity index (χ0) is 16.8. The van der Waals surface area contributed by atoms with Gasteiger partial charge in [-0.3, -0.25) is 0 Å². The summed E-state index contributed by atoms with van der Waals surface area (Å²) in [6.07, 6.45) is 2.72. The lowest BCUT2D eigenvalue weighted by Crippen LogP contribution is -2.44. The maximum atomic E-state index is 12.1. The van der Waals surface area contributed by atoms with E-state index in [1.165, 1.54) is 0 Å². The third kappa shape index (κ3) is 7.52. The second-order valence-corrected chi connectivity index (χ2v) is 7.28. The lowest BCUT2D eigenvalue weighted by Gasteiger charge is -2.34. The SMILES string of the molecule is CC(C)NC(=O)NCC[C@H]1CCCN(C(=O)OC(C)(C)C)C1. The standard InChI is InChI=1S/C16H31N3O3/c1-12(2)18-14(20)17-9-8-13-7-6-10-19(11-13)15(21)22-16(3,4)5/h12-13H,6-11H2,1-5H3,(H2,17,18,20)/t13-/m1/s1. The fourth-order valence-electron chi connectivity index (χ4n) is 2.50. The number of amides is 3. The number of hydrogen-bond donors (Lipinski definition) is 2. The second kappa shape index (κ2) is 8.25. The van der Waals surface area contributed by atoms with Gasteiger partial charge in [-0.1, -0.05) is 0 Å². The third-order valence-corrected chi connectivity index (χ3v) is 3.43. The molecule has 0 spiro atoms. The van der Waals surface area contributed by atoms with Crippen molar-refractivity contribution in [1.82, 2.24) is 15.5 Å². The number of urea groups is 1. The highest BCUT2D eigenvalue weighted by molar-refractivity contribution is 5.74. The summed E-state index contributed by atoms with van der Waals surface area (Å²) < 4.78 is 5.42. The Morgan fingerprint density at radius 1 is 1.32 bits per heavy atom. The van der Waals surface area contributed by atoms with Gasteiger partial charge in [-0.2, -0.15) is 0 Å². The van der Waals surface area contributed by atoms with Gasteiger partial charge in [0.2, 0.25) is 0 Å². The van der Waals surface area contributed by atoms with Crippen molar-refractivity contribution in [2.75, 3.05) is 19.6 Å². The molecule has 6 nitrogen and oxygen atoms in total. The maximum Gasteiger partial charge on any atom is 0.410 e. The van der Waals surface area contributed by atoms with Gasteiger partial charge < -0.3 is 20.3 Å². The molecular formula is C16H31N3O3. The molecule has 0 bridgehead atoms. The molecule has 1 fully saturated rings. The van der Waals surface area contributed by atoms with E-state index in [0.29, 0.717) is 19.0 Å². The zero-order valence-corrected chi connectivity index (χ0v) is 14.6. The molecule has 6 heteroatoms. The van der Waals surface area contributed by atoms with Crippen LogP contribution in [0.4, 0.5) is 9.59 Å². The van der Waals surface area contributed by atoms with Crippen LogP contribution in [0.5, 0.6) is 0 Å². The van der Waals surface area contributed by atoms with E-state index in [0.717, 1.165) is 25.8 Å². The highest BCUT2D eigenvalue weighted by Crippen LogP contribution is 2.21. The Morgan fingerprint density at radius 2 is 2.00 bits per heavy atom. The summed E-state index contributed by atoms with van der Waals surface area (Å²) in [5.41, 5.74) is -0.458. The molecule has 1 heterocycles. The van der Waals surface area contributed by atoms with Gasteiger partial charge in [0.05, 0.1) is 0 Å².